The third-order valence-corrected chi connectivity index (χ3v) is 9.11. The number of carboxylic acids is 1. The number of aliphatic carboxylic acids is 1. The Balaban J connectivity index is 1.40. The summed E-state index contributed by atoms with van der Waals surface area (Å²) >= 11 is 0. The third kappa shape index (κ3) is 8.19. The Labute approximate surface area is 272 Å². The van der Waals surface area contributed by atoms with Crippen LogP contribution in [0, 0.1) is 11.8 Å². The molecule has 48 heavy (non-hydrogen) atoms. The van der Waals surface area contributed by atoms with E-state index in [0.29, 0.717) is 61.8 Å². The van der Waals surface area contributed by atoms with Gasteiger partial charge in [0.15, 0.2) is 0 Å². The lowest BCUT2D eigenvalue weighted by Gasteiger charge is -2.30. The van der Waals surface area contributed by atoms with Gasteiger partial charge in [-0.1, -0.05) is 6.92 Å². The molecule has 3 heterocycles. The number of nitrogens with zero attached hydrogens (tertiary/aromatic N) is 6. The molecule has 1 N–H and O–H groups in total. The van der Waals surface area contributed by atoms with Crippen LogP contribution in [0.25, 0.3) is 11.1 Å². The van der Waals surface area contributed by atoms with E-state index in [2.05, 4.69) is 15.1 Å². The van der Waals surface area contributed by atoms with Crippen LogP contribution in [0.15, 0.2) is 43.0 Å². The number of amides is 1. The summed E-state index contributed by atoms with van der Waals surface area (Å²) in [6, 6.07) is 0.561. The first-order valence-electron chi connectivity index (χ1n) is 15.6. The van der Waals surface area contributed by atoms with E-state index < -0.39 is 54.0 Å². The molecule has 2 fully saturated rings. The van der Waals surface area contributed by atoms with Gasteiger partial charge in [0, 0.05) is 55.9 Å². The van der Waals surface area contributed by atoms with Crippen molar-refractivity contribution < 1.29 is 45.8 Å². The van der Waals surface area contributed by atoms with Crippen molar-refractivity contribution in [1.82, 2.24) is 24.6 Å². The molecule has 1 saturated carbocycles. The number of carbonyl (C=O) groups excluding carboxylic acids is 1. The number of anilines is 1. The monoisotopic (exact) mass is 682 g/mol. The minimum absolute atomic E-state index is 0.0231. The minimum Gasteiger partial charge on any atom is -0.481 e. The van der Waals surface area contributed by atoms with Crippen LogP contribution in [0.3, 0.4) is 0 Å². The highest BCUT2D eigenvalue weighted by Crippen LogP contribution is 2.38. The van der Waals surface area contributed by atoms with Crippen LogP contribution < -0.4 is 4.90 Å². The average Bonchev–Trinajstić information content (AvgIpc) is 3.68. The summed E-state index contributed by atoms with van der Waals surface area (Å²) in [5, 5.41) is 13.4. The minimum atomic E-state index is -5.02. The molecule has 1 saturated heterocycles. The Kier molecular flexibility index (Phi) is 10.2. The van der Waals surface area contributed by atoms with Crippen molar-refractivity contribution in [3.8, 4) is 11.1 Å². The summed E-state index contributed by atoms with van der Waals surface area (Å²) in [6.07, 6.45) is -1.20. The Hall–Kier alpha value is -4.37. The maximum absolute atomic E-state index is 13.7. The van der Waals surface area contributed by atoms with Crippen LogP contribution in [-0.4, -0.2) is 67.1 Å². The highest BCUT2D eigenvalue weighted by Gasteiger charge is 2.41. The predicted octanol–water partition coefficient (Wildman–Crippen LogP) is 6.80. The van der Waals surface area contributed by atoms with Gasteiger partial charge in [-0.25, -0.2) is 14.8 Å². The van der Waals surface area contributed by atoms with Crippen LogP contribution in [0.4, 0.5) is 37.1 Å². The molecule has 1 aromatic carbocycles. The highest BCUT2D eigenvalue weighted by atomic mass is 19.4. The zero-order valence-corrected chi connectivity index (χ0v) is 26.3. The van der Waals surface area contributed by atoms with Crippen LogP contribution in [-0.2, 0) is 35.5 Å². The first-order valence-corrected chi connectivity index (χ1v) is 15.6. The Morgan fingerprint density at radius 1 is 0.958 bits per heavy atom. The molecule has 2 aromatic heterocycles. The number of halogens is 6. The van der Waals surface area contributed by atoms with Gasteiger partial charge in [-0.15, -0.1) is 0 Å². The van der Waals surface area contributed by atoms with E-state index in [0.717, 1.165) is 0 Å². The summed E-state index contributed by atoms with van der Waals surface area (Å²) in [6.45, 7) is 1.67. The van der Waals surface area contributed by atoms with E-state index in [9.17, 15) is 41.0 Å². The number of rotatable bonds is 9. The van der Waals surface area contributed by atoms with Gasteiger partial charge >= 0.3 is 24.4 Å². The van der Waals surface area contributed by atoms with Gasteiger partial charge in [-0.3, -0.25) is 9.48 Å². The highest BCUT2D eigenvalue weighted by molar-refractivity contribution is 5.70. The smallest absolute Gasteiger partial charge is 0.416 e. The van der Waals surface area contributed by atoms with Crippen molar-refractivity contribution in [2.45, 2.75) is 76.4 Å². The maximum atomic E-state index is 13.7. The maximum Gasteiger partial charge on any atom is 0.416 e. The molecule has 3 aromatic rings. The Morgan fingerprint density at radius 3 is 2.10 bits per heavy atom. The zero-order valence-electron chi connectivity index (χ0n) is 26.3. The number of aryl methyl sites for hydroxylation is 1. The summed E-state index contributed by atoms with van der Waals surface area (Å²) in [5.41, 5.74) is -1.80. The van der Waals surface area contributed by atoms with Crippen molar-refractivity contribution in [3.05, 3.63) is 59.7 Å². The Morgan fingerprint density at radius 2 is 1.58 bits per heavy atom. The van der Waals surface area contributed by atoms with Gasteiger partial charge in [-0.2, -0.15) is 31.4 Å². The quantitative estimate of drug-likeness (QED) is 0.245. The number of alkyl halides is 6. The fraction of sp³-hybridized carbons (Fsp3) is 0.531. The first kappa shape index (κ1) is 35.0. The normalized spacial score (nSPS) is 21.7. The number of benzene rings is 1. The van der Waals surface area contributed by atoms with Gasteiger partial charge in [0.25, 0.3) is 0 Å². The molecule has 1 amide bonds. The number of likely N-dealkylation sites (tertiary alicyclic amines) is 1. The lowest BCUT2D eigenvalue weighted by Crippen LogP contribution is -2.41. The topological polar surface area (TPSA) is 114 Å². The van der Waals surface area contributed by atoms with Crippen LogP contribution in [0.1, 0.15) is 62.1 Å². The van der Waals surface area contributed by atoms with Gasteiger partial charge in [0.2, 0.25) is 5.95 Å². The lowest BCUT2D eigenvalue weighted by molar-refractivity contribution is -0.144. The number of ether oxygens (including phenoxy) is 1. The summed E-state index contributed by atoms with van der Waals surface area (Å²) in [4.78, 5) is 36.5. The van der Waals surface area contributed by atoms with Gasteiger partial charge < -0.3 is 19.6 Å². The van der Waals surface area contributed by atoms with E-state index >= 15 is 0 Å². The largest absolute Gasteiger partial charge is 0.481 e. The van der Waals surface area contributed by atoms with Gasteiger partial charge in [-0.05, 0) is 68.2 Å². The van der Waals surface area contributed by atoms with Gasteiger partial charge in [0.05, 0.1) is 35.9 Å². The fourth-order valence-electron chi connectivity index (χ4n) is 6.44. The molecule has 1 aliphatic carbocycles. The van der Waals surface area contributed by atoms with E-state index in [-0.39, 0.29) is 42.7 Å². The predicted molar refractivity (Wildman–Crippen MR) is 160 cm³/mol. The molecule has 16 heteroatoms. The molecule has 10 nitrogen and oxygen atoms in total. The SMILES string of the molecule is CCC1CC(N(Cc2cc(C(F)(F)F)cc(C(F)(F)F)c2)c2ncc(-c3cnn(C)c3)cn2)CN1C(=O)OCC1CCC(C(=O)O)CC1. The summed E-state index contributed by atoms with van der Waals surface area (Å²) in [5.74, 6) is -1.15. The summed E-state index contributed by atoms with van der Waals surface area (Å²) in [7, 11) is 1.73. The molecule has 260 valence electrons. The number of hydrogen-bond donors (Lipinski definition) is 1. The molecular weight excluding hydrogens is 646 g/mol. The van der Waals surface area contributed by atoms with Crippen LogP contribution in [0.2, 0.25) is 0 Å². The third-order valence-electron chi connectivity index (χ3n) is 9.11. The molecule has 0 spiro atoms. The zero-order chi connectivity index (χ0) is 34.8. The molecular formula is C32H36F6N6O4. The average molecular weight is 683 g/mol. The molecule has 2 unspecified atom stereocenters. The number of hydrogen-bond acceptors (Lipinski definition) is 7. The van der Waals surface area contributed by atoms with Crippen molar-refractivity contribution in [1.29, 1.82) is 0 Å². The van der Waals surface area contributed by atoms with E-state index in [1.807, 2.05) is 6.92 Å². The van der Waals surface area contributed by atoms with E-state index in [1.165, 1.54) is 22.2 Å². The Bertz CT molecular complexity index is 1550. The van der Waals surface area contributed by atoms with Crippen LogP contribution >= 0.6 is 0 Å². The molecule has 0 bridgehead atoms. The second kappa shape index (κ2) is 14.0. The van der Waals surface area contributed by atoms with Crippen LogP contribution in [0.5, 0.6) is 0 Å². The molecule has 5 rings (SSSR count). The molecule has 1 aliphatic heterocycles. The van der Waals surface area contributed by atoms with Crippen molar-refractivity contribution in [2.24, 2.45) is 18.9 Å². The van der Waals surface area contributed by atoms with Crippen molar-refractivity contribution >= 4 is 18.0 Å². The number of carbonyl (C=O) groups is 2. The molecule has 2 atom stereocenters. The van der Waals surface area contributed by atoms with Crippen molar-refractivity contribution in [2.75, 3.05) is 18.1 Å². The lowest BCUT2D eigenvalue weighted by atomic mass is 9.82. The van der Waals surface area contributed by atoms with Gasteiger partial charge in [0.1, 0.15) is 0 Å². The second-order valence-corrected chi connectivity index (χ2v) is 12.5. The fourth-order valence-corrected chi connectivity index (χ4v) is 6.44. The molecule has 0 radical (unpaired) electrons. The molecule has 2 aliphatic rings. The van der Waals surface area contributed by atoms with E-state index in [1.54, 1.807) is 24.1 Å². The number of carboxylic acid groups (broad SMARTS) is 1. The summed E-state index contributed by atoms with van der Waals surface area (Å²) < 4.78 is 89.5. The standard InChI is InChI=1S/C32H36F6N6O4/c1-3-26-11-27(17-44(26)30(47)48-18-19-4-6-21(7-5-19)28(45)46)43(29-39-12-22(13-40-29)23-14-41-42(2)16-23)15-20-8-24(31(33,34)35)10-25(9-20)32(36,37)38/h8-10,12-14,16,19,21,26-27H,3-7,11,15,17-18H2,1-2H3,(H,45,46). The van der Waals surface area contributed by atoms with Crippen molar-refractivity contribution in [3.63, 3.8) is 0 Å². The first-order chi connectivity index (χ1) is 22.6. The number of aromatic nitrogens is 4. The second-order valence-electron chi connectivity index (χ2n) is 12.5. The van der Waals surface area contributed by atoms with E-state index in [4.69, 9.17) is 4.74 Å².